The molecule has 2 rings (SSSR count). The van der Waals surface area contributed by atoms with Gasteiger partial charge in [-0.05, 0) is 25.5 Å². The van der Waals surface area contributed by atoms with Crippen molar-refractivity contribution in [3.8, 4) is 0 Å². The molecule has 0 unspecified atom stereocenters. The van der Waals surface area contributed by atoms with Crippen molar-refractivity contribution in [2.45, 2.75) is 26.7 Å². The third-order valence-electron chi connectivity index (χ3n) is 4.10. The Balaban J connectivity index is 1.75. The van der Waals surface area contributed by atoms with E-state index in [-0.39, 0.29) is 18.2 Å². The fraction of sp³-hybridized carbons (Fsp3) is 0.611. The van der Waals surface area contributed by atoms with E-state index in [2.05, 4.69) is 14.8 Å². The van der Waals surface area contributed by atoms with Gasteiger partial charge in [0.2, 0.25) is 0 Å². The van der Waals surface area contributed by atoms with Gasteiger partial charge >= 0.3 is 0 Å². The highest BCUT2D eigenvalue weighted by molar-refractivity contribution is 5.95. The van der Waals surface area contributed by atoms with Gasteiger partial charge in [0.25, 0.3) is 0 Å². The van der Waals surface area contributed by atoms with Crippen LogP contribution in [0.25, 0.3) is 0 Å². The van der Waals surface area contributed by atoms with E-state index in [1.54, 1.807) is 6.20 Å². The number of pyridine rings is 1. The van der Waals surface area contributed by atoms with Gasteiger partial charge in [-0.15, -0.1) is 0 Å². The predicted molar refractivity (Wildman–Crippen MR) is 93.6 cm³/mol. The molecule has 6 nitrogen and oxygen atoms in total. The number of aromatic nitrogens is 1. The summed E-state index contributed by atoms with van der Waals surface area (Å²) in [6.07, 6.45) is 3.12. The van der Waals surface area contributed by atoms with Gasteiger partial charge in [0, 0.05) is 50.9 Å². The van der Waals surface area contributed by atoms with Crippen molar-refractivity contribution in [2.75, 3.05) is 50.8 Å². The molecule has 1 saturated heterocycles. The van der Waals surface area contributed by atoms with Gasteiger partial charge in [0.15, 0.2) is 11.6 Å². The Morgan fingerprint density at radius 3 is 2.54 bits per heavy atom. The van der Waals surface area contributed by atoms with Crippen molar-refractivity contribution in [1.82, 2.24) is 9.88 Å². The van der Waals surface area contributed by atoms with Crippen LogP contribution in [0.3, 0.4) is 0 Å². The van der Waals surface area contributed by atoms with E-state index in [1.165, 1.54) is 6.92 Å². The first-order chi connectivity index (χ1) is 11.6. The molecule has 1 aliphatic rings. The summed E-state index contributed by atoms with van der Waals surface area (Å²) in [6.45, 7) is 8.88. The molecule has 0 radical (unpaired) electrons. The molecule has 0 amide bonds. The van der Waals surface area contributed by atoms with Crippen LogP contribution in [0.2, 0.25) is 0 Å². The van der Waals surface area contributed by atoms with E-state index < -0.39 is 0 Å². The van der Waals surface area contributed by atoms with Crippen LogP contribution in [0, 0.1) is 0 Å². The second-order valence-electron chi connectivity index (χ2n) is 6.16. The molecule has 0 saturated carbocycles. The van der Waals surface area contributed by atoms with Crippen molar-refractivity contribution in [3.63, 3.8) is 0 Å². The standard InChI is InChI=1S/C18H27N3O3/c1-3-4-17(23)16-5-6-18(19-13-16)21-9-7-20(8-10-21)11-12-24-14-15(2)22/h5-6,13H,3-4,7-12,14H2,1-2H3. The first kappa shape index (κ1) is 18.5. The molecule has 1 aromatic heterocycles. The molecule has 0 bridgehead atoms. The van der Waals surface area contributed by atoms with Crippen LogP contribution < -0.4 is 4.90 Å². The molecule has 24 heavy (non-hydrogen) atoms. The summed E-state index contributed by atoms with van der Waals surface area (Å²) >= 11 is 0. The minimum absolute atomic E-state index is 0.0618. The normalized spacial score (nSPS) is 15.5. The number of hydrogen-bond acceptors (Lipinski definition) is 6. The molecule has 1 aromatic rings. The van der Waals surface area contributed by atoms with Crippen LogP contribution in [0.1, 0.15) is 37.0 Å². The summed E-state index contributed by atoms with van der Waals surface area (Å²) in [6, 6.07) is 3.82. The number of anilines is 1. The fourth-order valence-electron chi connectivity index (χ4n) is 2.72. The van der Waals surface area contributed by atoms with Crippen LogP contribution in [0.5, 0.6) is 0 Å². The van der Waals surface area contributed by atoms with E-state index in [0.717, 1.165) is 45.0 Å². The number of carbonyl (C=O) groups excluding carboxylic acids is 2. The first-order valence-electron chi connectivity index (χ1n) is 8.64. The highest BCUT2D eigenvalue weighted by Gasteiger charge is 2.18. The molecule has 1 fully saturated rings. The topological polar surface area (TPSA) is 62.7 Å². The maximum Gasteiger partial charge on any atom is 0.164 e. The second kappa shape index (κ2) is 9.49. The zero-order valence-electron chi connectivity index (χ0n) is 14.7. The Hall–Kier alpha value is -1.79. The zero-order valence-corrected chi connectivity index (χ0v) is 14.7. The third-order valence-corrected chi connectivity index (χ3v) is 4.10. The van der Waals surface area contributed by atoms with Gasteiger partial charge in [0.1, 0.15) is 12.4 Å². The van der Waals surface area contributed by atoms with Gasteiger partial charge in [-0.2, -0.15) is 0 Å². The molecule has 0 spiro atoms. The molecular formula is C18H27N3O3. The molecule has 132 valence electrons. The smallest absolute Gasteiger partial charge is 0.164 e. The fourth-order valence-corrected chi connectivity index (χ4v) is 2.72. The number of piperazine rings is 1. The lowest BCUT2D eigenvalue weighted by Crippen LogP contribution is -2.47. The summed E-state index contributed by atoms with van der Waals surface area (Å²) < 4.78 is 5.32. The molecule has 6 heteroatoms. The van der Waals surface area contributed by atoms with Crippen molar-refractivity contribution in [3.05, 3.63) is 23.9 Å². The molecule has 0 atom stereocenters. The lowest BCUT2D eigenvalue weighted by Gasteiger charge is -2.35. The summed E-state index contributed by atoms with van der Waals surface area (Å²) in [5.41, 5.74) is 0.696. The van der Waals surface area contributed by atoms with Gasteiger partial charge in [-0.25, -0.2) is 4.98 Å². The van der Waals surface area contributed by atoms with Crippen LogP contribution in [0.4, 0.5) is 5.82 Å². The average molecular weight is 333 g/mol. The summed E-state index contributed by atoms with van der Waals surface area (Å²) in [5.74, 6) is 1.15. The van der Waals surface area contributed by atoms with Gasteiger partial charge in [-0.3, -0.25) is 14.5 Å². The number of ether oxygens (including phenoxy) is 1. The molecule has 2 heterocycles. The number of rotatable bonds is 9. The summed E-state index contributed by atoms with van der Waals surface area (Å²) in [4.78, 5) is 31.7. The number of hydrogen-bond donors (Lipinski definition) is 0. The Labute approximate surface area is 143 Å². The maximum absolute atomic E-state index is 11.8. The SMILES string of the molecule is CCCC(=O)c1ccc(N2CCN(CCOCC(C)=O)CC2)nc1. The Morgan fingerprint density at radius 2 is 1.96 bits per heavy atom. The largest absolute Gasteiger partial charge is 0.372 e. The minimum Gasteiger partial charge on any atom is -0.372 e. The van der Waals surface area contributed by atoms with E-state index in [0.29, 0.717) is 18.6 Å². The Kier molecular flexibility index (Phi) is 7.34. The Morgan fingerprint density at radius 1 is 1.21 bits per heavy atom. The van der Waals surface area contributed by atoms with Crippen LogP contribution in [-0.4, -0.2) is 67.4 Å². The molecule has 0 aliphatic carbocycles. The van der Waals surface area contributed by atoms with Crippen molar-refractivity contribution >= 4 is 17.4 Å². The first-order valence-corrected chi connectivity index (χ1v) is 8.64. The number of ketones is 2. The average Bonchev–Trinajstić information content (AvgIpc) is 2.59. The number of Topliss-reactive ketones (excluding diaryl/α,β-unsaturated/α-hetero) is 2. The molecule has 0 N–H and O–H groups in total. The van der Waals surface area contributed by atoms with E-state index >= 15 is 0 Å². The number of carbonyl (C=O) groups is 2. The van der Waals surface area contributed by atoms with E-state index in [1.807, 2.05) is 19.1 Å². The highest BCUT2D eigenvalue weighted by atomic mass is 16.5. The molecule has 1 aliphatic heterocycles. The van der Waals surface area contributed by atoms with E-state index in [9.17, 15) is 9.59 Å². The van der Waals surface area contributed by atoms with Gasteiger partial charge in [-0.1, -0.05) is 6.92 Å². The van der Waals surface area contributed by atoms with Crippen LogP contribution >= 0.6 is 0 Å². The maximum atomic E-state index is 11.8. The zero-order chi connectivity index (χ0) is 17.4. The van der Waals surface area contributed by atoms with Gasteiger partial charge < -0.3 is 9.64 Å². The summed E-state index contributed by atoms with van der Waals surface area (Å²) in [7, 11) is 0. The third kappa shape index (κ3) is 5.69. The summed E-state index contributed by atoms with van der Waals surface area (Å²) in [5, 5.41) is 0. The van der Waals surface area contributed by atoms with Crippen molar-refractivity contribution in [2.24, 2.45) is 0 Å². The highest BCUT2D eigenvalue weighted by Crippen LogP contribution is 2.15. The lowest BCUT2D eigenvalue weighted by atomic mass is 10.1. The molecule has 0 aromatic carbocycles. The van der Waals surface area contributed by atoms with Crippen LogP contribution in [-0.2, 0) is 9.53 Å². The molecular weight excluding hydrogens is 306 g/mol. The van der Waals surface area contributed by atoms with Gasteiger partial charge in [0.05, 0.1) is 6.61 Å². The lowest BCUT2D eigenvalue weighted by molar-refractivity contribution is -0.121. The van der Waals surface area contributed by atoms with E-state index in [4.69, 9.17) is 4.74 Å². The number of nitrogens with zero attached hydrogens (tertiary/aromatic N) is 3. The Bertz CT molecular complexity index is 537. The quantitative estimate of drug-likeness (QED) is 0.507. The van der Waals surface area contributed by atoms with Crippen molar-refractivity contribution < 1.29 is 14.3 Å². The van der Waals surface area contributed by atoms with Crippen molar-refractivity contribution in [1.29, 1.82) is 0 Å². The second-order valence-corrected chi connectivity index (χ2v) is 6.16. The van der Waals surface area contributed by atoms with Crippen LogP contribution in [0.15, 0.2) is 18.3 Å². The minimum atomic E-state index is 0.0618. The monoisotopic (exact) mass is 333 g/mol. The predicted octanol–water partition coefficient (Wildman–Crippen LogP) is 1.79.